The number of furan rings is 1. The van der Waals surface area contributed by atoms with Crippen molar-refractivity contribution in [1.29, 1.82) is 0 Å². The van der Waals surface area contributed by atoms with Gasteiger partial charge in [-0.05, 0) is 12.1 Å². The van der Waals surface area contributed by atoms with Crippen LogP contribution in [-0.4, -0.2) is 21.3 Å². The van der Waals surface area contributed by atoms with Crippen LogP contribution in [-0.2, 0) is 5.75 Å². The van der Waals surface area contributed by atoms with Crippen LogP contribution in [0.25, 0.3) is 0 Å². The number of anilines is 1. The molecule has 0 aliphatic heterocycles. The Morgan fingerprint density at radius 1 is 1.56 bits per heavy atom. The van der Waals surface area contributed by atoms with Gasteiger partial charge >= 0.3 is 5.97 Å². The molecule has 0 radical (unpaired) electrons. The highest BCUT2D eigenvalue weighted by molar-refractivity contribution is 8.00. The van der Waals surface area contributed by atoms with Gasteiger partial charge in [0.05, 0.1) is 5.75 Å². The molecule has 0 fully saturated rings. The van der Waals surface area contributed by atoms with Gasteiger partial charge in [0.2, 0.25) is 10.9 Å². The van der Waals surface area contributed by atoms with Crippen LogP contribution in [0.1, 0.15) is 16.3 Å². The topological polar surface area (TPSA) is 102 Å². The summed E-state index contributed by atoms with van der Waals surface area (Å²) >= 11 is 2.68. The number of aromatic carboxylic acids is 1. The van der Waals surface area contributed by atoms with E-state index in [2.05, 4.69) is 10.2 Å². The van der Waals surface area contributed by atoms with Crippen molar-refractivity contribution in [2.75, 3.05) is 5.73 Å². The highest BCUT2D eigenvalue weighted by Crippen LogP contribution is 2.27. The van der Waals surface area contributed by atoms with Gasteiger partial charge in [0.15, 0.2) is 4.34 Å². The number of hydrogen-bond donors (Lipinski definition) is 2. The van der Waals surface area contributed by atoms with Crippen LogP contribution in [0.4, 0.5) is 5.13 Å². The summed E-state index contributed by atoms with van der Waals surface area (Å²) in [7, 11) is 0. The molecule has 0 spiro atoms. The third kappa shape index (κ3) is 2.52. The maximum Gasteiger partial charge on any atom is 0.371 e. The highest BCUT2D eigenvalue weighted by Gasteiger charge is 2.10. The summed E-state index contributed by atoms with van der Waals surface area (Å²) < 4.78 is 5.81. The second kappa shape index (κ2) is 4.54. The summed E-state index contributed by atoms with van der Waals surface area (Å²) in [5.74, 6) is -0.0537. The van der Waals surface area contributed by atoms with E-state index in [1.165, 1.54) is 29.2 Å². The first-order chi connectivity index (χ1) is 7.65. The standard InChI is InChI=1S/C8H7N3O3S2/c9-7-10-11-8(16-7)15-3-4-1-2-5(14-4)6(12)13/h1-2H,3H2,(H2,9,10)(H,12,13). The molecule has 16 heavy (non-hydrogen) atoms. The van der Waals surface area contributed by atoms with E-state index >= 15 is 0 Å². The minimum absolute atomic E-state index is 0.0626. The summed E-state index contributed by atoms with van der Waals surface area (Å²) in [4.78, 5) is 10.6. The van der Waals surface area contributed by atoms with Gasteiger partial charge in [0, 0.05) is 0 Å². The number of carboxylic acid groups (broad SMARTS) is 1. The maximum atomic E-state index is 10.6. The molecule has 8 heteroatoms. The van der Waals surface area contributed by atoms with Crippen LogP contribution in [0.15, 0.2) is 20.9 Å². The third-order valence-corrected chi connectivity index (χ3v) is 3.54. The Labute approximate surface area is 98.5 Å². The number of nitrogens with zero attached hydrogens (tertiary/aromatic N) is 2. The first-order valence-corrected chi connectivity index (χ1v) is 5.99. The molecule has 2 heterocycles. The summed E-state index contributed by atoms with van der Waals surface area (Å²) in [6, 6.07) is 3.05. The van der Waals surface area contributed by atoms with Gasteiger partial charge in [-0.3, -0.25) is 0 Å². The van der Waals surface area contributed by atoms with Crippen molar-refractivity contribution >= 4 is 34.2 Å². The Morgan fingerprint density at radius 3 is 2.94 bits per heavy atom. The Bertz CT molecular complexity index is 508. The Balaban J connectivity index is 1.97. The van der Waals surface area contributed by atoms with Crippen molar-refractivity contribution in [2.45, 2.75) is 10.1 Å². The van der Waals surface area contributed by atoms with E-state index in [0.29, 0.717) is 16.6 Å². The van der Waals surface area contributed by atoms with Crippen molar-refractivity contribution in [3.05, 3.63) is 23.7 Å². The van der Waals surface area contributed by atoms with Gasteiger partial charge in [-0.2, -0.15) is 0 Å². The zero-order chi connectivity index (χ0) is 11.5. The zero-order valence-corrected chi connectivity index (χ0v) is 9.55. The molecule has 0 unspecified atom stereocenters. The number of hydrogen-bond acceptors (Lipinski definition) is 7. The molecular weight excluding hydrogens is 250 g/mol. The minimum atomic E-state index is -1.07. The molecule has 0 saturated heterocycles. The average Bonchev–Trinajstić information content (AvgIpc) is 2.83. The fourth-order valence-corrected chi connectivity index (χ4v) is 2.51. The van der Waals surface area contributed by atoms with E-state index < -0.39 is 5.97 Å². The van der Waals surface area contributed by atoms with E-state index in [4.69, 9.17) is 15.3 Å². The molecule has 0 bridgehead atoms. The molecule has 84 valence electrons. The number of nitrogens with two attached hydrogens (primary N) is 1. The lowest BCUT2D eigenvalue weighted by molar-refractivity contribution is 0.0661. The number of carboxylic acids is 1. The van der Waals surface area contributed by atoms with Crippen LogP contribution in [0, 0.1) is 0 Å². The number of carbonyl (C=O) groups is 1. The molecular formula is C8H7N3O3S2. The lowest BCUT2D eigenvalue weighted by atomic mass is 10.4. The van der Waals surface area contributed by atoms with E-state index in [9.17, 15) is 4.79 Å². The summed E-state index contributed by atoms with van der Waals surface area (Å²) in [5, 5.41) is 16.5. The largest absolute Gasteiger partial charge is 0.475 e. The van der Waals surface area contributed by atoms with Crippen molar-refractivity contribution < 1.29 is 14.3 Å². The molecule has 0 aliphatic carbocycles. The average molecular weight is 257 g/mol. The normalized spacial score (nSPS) is 10.5. The second-order valence-corrected chi connectivity index (χ2v) is 5.00. The monoisotopic (exact) mass is 257 g/mol. The molecule has 0 amide bonds. The summed E-state index contributed by atoms with van der Waals surface area (Å²) in [5.41, 5.74) is 5.42. The molecule has 6 nitrogen and oxygen atoms in total. The highest BCUT2D eigenvalue weighted by atomic mass is 32.2. The Morgan fingerprint density at radius 2 is 2.38 bits per heavy atom. The molecule has 2 aromatic rings. The summed E-state index contributed by atoms with van der Waals surface area (Å²) in [6.07, 6.45) is 0. The lowest BCUT2D eigenvalue weighted by Gasteiger charge is -1.92. The zero-order valence-electron chi connectivity index (χ0n) is 7.91. The SMILES string of the molecule is Nc1nnc(SCc2ccc(C(=O)O)o2)s1. The fraction of sp³-hybridized carbons (Fsp3) is 0.125. The number of nitrogen functional groups attached to an aromatic ring is 1. The van der Waals surface area contributed by atoms with Crippen molar-refractivity contribution in [3.8, 4) is 0 Å². The first kappa shape index (κ1) is 11.0. The van der Waals surface area contributed by atoms with Gasteiger partial charge in [-0.25, -0.2) is 4.79 Å². The van der Waals surface area contributed by atoms with E-state index in [1.54, 1.807) is 6.07 Å². The molecule has 0 saturated carbocycles. The Kier molecular flexibility index (Phi) is 3.11. The van der Waals surface area contributed by atoms with Crippen LogP contribution in [0.3, 0.4) is 0 Å². The maximum absolute atomic E-state index is 10.6. The van der Waals surface area contributed by atoms with Crippen LogP contribution in [0.5, 0.6) is 0 Å². The molecule has 2 aromatic heterocycles. The van der Waals surface area contributed by atoms with Crippen molar-refractivity contribution in [1.82, 2.24) is 10.2 Å². The first-order valence-electron chi connectivity index (χ1n) is 4.19. The molecule has 2 rings (SSSR count). The van der Waals surface area contributed by atoms with Crippen LogP contribution in [0.2, 0.25) is 0 Å². The van der Waals surface area contributed by atoms with Gasteiger partial charge in [0.1, 0.15) is 5.76 Å². The smallest absolute Gasteiger partial charge is 0.371 e. The van der Waals surface area contributed by atoms with Gasteiger partial charge in [-0.15, -0.1) is 10.2 Å². The minimum Gasteiger partial charge on any atom is -0.475 e. The van der Waals surface area contributed by atoms with Crippen molar-refractivity contribution in [3.63, 3.8) is 0 Å². The van der Waals surface area contributed by atoms with Gasteiger partial charge < -0.3 is 15.3 Å². The van der Waals surface area contributed by atoms with E-state index in [0.717, 1.165) is 4.34 Å². The number of thioether (sulfide) groups is 1. The quantitative estimate of drug-likeness (QED) is 0.803. The number of rotatable bonds is 4. The van der Waals surface area contributed by atoms with Gasteiger partial charge in [-0.1, -0.05) is 23.1 Å². The van der Waals surface area contributed by atoms with E-state index in [-0.39, 0.29) is 5.76 Å². The van der Waals surface area contributed by atoms with Crippen molar-refractivity contribution in [2.24, 2.45) is 0 Å². The second-order valence-electron chi connectivity index (χ2n) is 2.77. The molecule has 0 aromatic carbocycles. The Hall–Kier alpha value is -1.54. The van der Waals surface area contributed by atoms with Crippen LogP contribution >= 0.6 is 23.1 Å². The molecule has 3 N–H and O–H groups in total. The fourth-order valence-electron chi connectivity index (χ4n) is 0.982. The predicted molar refractivity (Wildman–Crippen MR) is 59.5 cm³/mol. The molecule has 0 atom stereocenters. The summed E-state index contributed by atoms with van der Waals surface area (Å²) in [6.45, 7) is 0. The third-order valence-electron chi connectivity index (χ3n) is 1.63. The number of aromatic nitrogens is 2. The van der Waals surface area contributed by atoms with Gasteiger partial charge in [0.25, 0.3) is 0 Å². The predicted octanol–water partition coefficient (Wildman–Crippen LogP) is 1.70. The van der Waals surface area contributed by atoms with Crippen LogP contribution < -0.4 is 5.73 Å². The van der Waals surface area contributed by atoms with E-state index in [1.807, 2.05) is 0 Å². The molecule has 0 aliphatic rings. The lowest BCUT2D eigenvalue weighted by Crippen LogP contribution is -1.91.